The maximum Gasteiger partial charge on any atom is 0.168 e. The third-order valence-electron chi connectivity index (χ3n) is 5.60. The number of aliphatic hydroxyl groups is 1. The van der Waals surface area contributed by atoms with Gasteiger partial charge in [0, 0.05) is 30.8 Å². The van der Waals surface area contributed by atoms with Gasteiger partial charge >= 0.3 is 0 Å². The molecule has 29 heavy (non-hydrogen) atoms. The highest BCUT2D eigenvalue weighted by Gasteiger charge is 2.21. The van der Waals surface area contributed by atoms with Crippen molar-refractivity contribution < 1.29 is 9.90 Å². The van der Waals surface area contributed by atoms with Crippen molar-refractivity contribution in [3.05, 3.63) is 59.4 Å². The summed E-state index contributed by atoms with van der Waals surface area (Å²) in [6, 6.07) is 11.7. The molecule has 3 aromatic rings. The van der Waals surface area contributed by atoms with E-state index in [4.69, 9.17) is 0 Å². The van der Waals surface area contributed by atoms with Gasteiger partial charge < -0.3 is 10.0 Å². The molecular weight excluding hydrogens is 364 g/mol. The summed E-state index contributed by atoms with van der Waals surface area (Å²) in [5.41, 5.74) is 3.45. The number of hydrogen-bond donors (Lipinski definition) is 1. The van der Waals surface area contributed by atoms with Crippen molar-refractivity contribution in [2.45, 2.75) is 51.6 Å². The molecule has 1 saturated heterocycles. The molecule has 1 N–H and O–H groups in total. The van der Waals surface area contributed by atoms with Gasteiger partial charge in [-0.15, -0.1) is 0 Å². The number of anilines is 1. The zero-order valence-electron chi connectivity index (χ0n) is 17.3. The van der Waals surface area contributed by atoms with E-state index in [1.54, 1.807) is 6.20 Å². The second-order valence-electron chi connectivity index (χ2n) is 8.85. The number of rotatable bonds is 4. The van der Waals surface area contributed by atoms with Crippen molar-refractivity contribution >= 4 is 17.2 Å². The standard InChI is InChI=1S/C23H28N4O2/c1-23(2,3)17-6-4-16(5-7-17)20(29)14-18-15-22(26-12-9-19(28)10-13-26)27-21(25-18)8-11-24-27/h4-8,11,15,19,28H,9-10,12-14H2,1-3H3. The molecule has 0 amide bonds. The average molecular weight is 393 g/mol. The van der Waals surface area contributed by atoms with Gasteiger partial charge in [0.05, 0.1) is 24.4 Å². The lowest BCUT2D eigenvalue weighted by atomic mass is 9.86. The van der Waals surface area contributed by atoms with Crippen molar-refractivity contribution in [2.75, 3.05) is 18.0 Å². The van der Waals surface area contributed by atoms with E-state index in [9.17, 15) is 9.90 Å². The lowest BCUT2D eigenvalue weighted by molar-refractivity contribution is 0.0992. The molecule has 2 aromatic heterocycles. The Hall–Kier alpha value is -2.73. The number of aromatic nitrogens is 3. The second kappa shape index (κ2) is 7.59. The number of carbonyl (C=O) groups is 1. The molecule has 0 unspecified atom stereocenters. The van der Waals surface area contributed by atoms with E-state index in [-0.39, 0.29) is 23.7 Å². The highest BCUT2D eigenvalue weighted by atomic mass is 16.3. The maximum atomic E-state index is 12.9. The first-order chi connectivity index (χ1) is 13.8. The monoisotopic (exact) mass is 392 g/mol. The lowest BCUT2D eigenvalue weighted by Gasteiger charge is -2.31. The molecule has 1 fully saturated rings. The van der Waals surface area contributed by atoms with Crippen molar-refractivity contribution in [3.8, 4) is 0 Å². The van der Waals surface area contributed by atoms with Crippen LogP contribution in [-0.2, 0) is 11.8 Å². The van der Waals surface area contributed by atoms with Gasteiger partial charge in [0.15, 0.2) is 11.4 Å². The van der Waals surface area contributed by atoms with Crippen molar-refractivity contribution in [1.82, 2.24) is 14.6 Å². The average Bonchev–Trinajstić information content (AvgIpc) is 3.16. The van der Waals surface area contributed by atoms with Crippen LogP contribution in [0, 0.1) is 0 Å². The molecule has 1 aliphatic rings. The molecular formula is C23H28N4O2. The summed E-state index contributed by atoms with van der Waals surface area (Å²) in [4.78, 5) is 19.7. The number of aliphatic hydroxyl groups excluding tert-OH is 1. The van der Waals surface area contributed by atoms with Crippen molar-refractivity contribution in [1.29, 1.82) is 0 Å². The van der Waals surface area contributed by atoms with E-state index in [2.05, 4.69) is 35.8 Å². The van der Waals surface area contributed by atoms with Crippen LogP contribution in [0.4, 0.5) is 5.82 Å². The minimum atomic E-state index is -0.238. The molecule has 1 aromatic carbocycles. The van der Waals surface area contributed by atoms with Gasteiger partial charge in [-0.05, 0) is 23.8 Å². The summed E-state index contributed by atoms with van der Waals surface area (Å²) in [7, 11) is 0. The van der Waals surface area contributed by atoms with Gasteiger partial charge in [-0.2, -0.15) is 9.61 Å². The first-order valence-corrected chi connectivity index (χ1v) is 10.2. The first-order valence-electron chi connectivity index (χ1n) is 10.2. The van der Waals surface area contributed by atoms with E-state index in [1.165, 1.54) is 5.56 Å². The van der Waals surface area contributed by atoms with Gasteiger partial charge in [-0.25, -0.2) is 4.98 Å². The molecule has 0 bridgehead atoms. The summed E-state index contributed by atoms with van der Waals surface area (Å²) >= 11 is 0. The third-order valence-corrected chi connectivity index (χ3v) is 5.60. The number of benzene rings is 1. The molecule has 0 saturated carbocycles. The fraction of sp³-hybridized carbons (Fsp3) is 0.435. The number of piperidine rings is 1. The number of fused-ring (bicyclic) bond motifs is 1. The Kier molecular flexibility index (Phi) is 5.13. The molecule has 6 heteroatoms. The predicted molar refractivity (Wildman–Crippen MR) is 114 cm³/mol. The highest BCUT2D eigenvalue weighted by Crippen LogP contribution is 2.24. The number of carbonyl (C=O) groups excluding carboxylic acids is 1. The van der Waals surface area contributed by atoms with E-state index >= 15 is 0 Å². The molecule has 0 aliphatic carbocycles. The van der Waals surface area contributed by atoms with Crippen molar-refractivity contribution in [2.24, 2.45) is 0 Å². The molecule has 3 heterocycles. The number of Topliss-reactive ketones (excluding diaryl/α,β-unsaturated/α-hetero) is 1. The zero-order chi connectivity index (χ0) is 20.6. The van der Waals surface area contributed by atoms with Crippen LogP contribution in [0.5, 0.6) is 0 Å². The normalized spacial score (nSPS) is 15.8. The summed E-state index contributed by atoms with van der Waals surface area (Å²) < 4.78 is 1.81. The Bertz CT molecular complexity index is 1010. The van der Waals surface area contributed by atoms with Crippen LogP contribution in [-0.4, -0.2) is 44.7 Å². The van der Waals surface area contributed by atoms with Crippen LogP contribution in [0.1, 0.15) is 55.2 Å². The predicted octanol–water partition coefficient (Wildman–Crippen LogP) is 3.41. The van der Waals surface area contributed by atoms with Crippen molar-refractivity contribution in [3.63, 3.8) is 0 Å². The Morgan fingerprint density at radius 1 is 1.14 bits per heavy atom. The van der Waals surface area contributed by atoms with Gasteiger partial charge in [0.2, 0.25) is 0 Å². The van der Waals surface area contributed by atoms with Gasteiger partial charge in [-0.1, -0.05) is 45.0 Å². The molecule has 0 spiro atoms. The number of ketones is 1. The third kappa shape index (κ3) is 4.17. The van der Waals surface area contributed by atoms with E-state index in [0.717, 1.165) is 43.1 Å². The van der Waals surface area contributed by atoms with Gasteiger partial charge in [-0.3, -0.25) is 4.79 Å². The Labute approximate surface area is 171 Å². The molecule has 4 rings (SSSR count). The molecule has 0 radical (unpaired) electrons. The van der Waals surface area contributed by atoms with E-state index < -0.39 is 0 Å². The molecule has 152 valence electrons. The van der Waals surface area contributed by atoms with Crippen LogP contribution >= 0.6 is 0 Å². The van der Waals surface area contributed by atoms with Gasteiger partial charge in [0.25, 0.3) is 0 Å². The van der Waals surface area contributed by atoms with Crippen LogP contribution in [0.2, 0.25) is 0 Å². The maximum absolute atomic E-state index is 12.9. The molecule has 1 aliphatic heterocycles. The largest absolute Gasteiger partial charge is 0.393 e. The summed E-state index contributed by atoms with van der Waals surface area (Å²) in [6.07, 6.45) is 3.21. The zero-order valence-corrected chi connectivity index (χ0v) is 17.3. The Morgan fingerprint density at radius 3 is 2.48 bits per heavy atom. The first kappa shape index (κ1) is 19.6. The highest BCUT2D eigenvalue weighted by molar-refractivity contribution is 5.97. The van der Waals surface area contributed by atoms with Crippen LogP contribution in [0.25, 0.3) is 5.65 Å². The smallest absolute Gasteiger partial charge is 0.168 e. The minimum absolute atomic E-state index is 0.0573. The fourth-order valence-electron chi connectivity index (χ4n) is 3.78. The topological polar surface area (TPSA) is 70.7 Å². The number of hydrogen-bond acceptors (Lipinski definition) is 5. The summed E-state index contributed by atoms with van der Waals surface area (Å²) in [5.74, 6) is 0.986. The Morgan fingerprint density at radius 2 is 1.83 bits per heavy atom. The quantitative estimate of drug-likeness (QED) is 0.689. The Balaban J connectivity index is 1.58. The lowest BCUT2D eigenvalue weighted by Crippen LogP contribution is -2.37. The summed E-state index contributed by atoms with van der Waals surface area (Å²) in [5, 5.41) is 14.2. The van der Waals surface area contributed by atoms with Crippen LogP contribution in [0.15, 0.2) is 42.6 Å². The van der Waals surface area contributed by atoms with Crippen LogP contribution < -0.4 is 4.90 Å². The summed E-state index contributed by atoms with van der Waals surface area (Å²) in [6.45, 7) is 8.02. The second-order valence-corrected chi connectivity index (χ2v) is 8.85. The van der Waals surface area contributed by atoms with E-state index in [1.807, 2.05) is 40.9 Å². The van der Waals surface area contributed by atoms with Crippen LogP contribution in [0.3, 0.4) is 0 Å². The number of nitrogens with zero attached hydrogens (tertiary/aromatic N) is 4. The van der Waals surface area contributed by atoms with Gasteiger partial charge in [0.1, 0.15) is 5.82 Å². The molecule has 0 atom stereocenters. The molecule has 6 nitrogen and oxygen atoms in total. The SMILES string of the molecule is CC(C)(C)c1ccc(C(=O)Cc2cc(N3CCC(O)CC3)n3nccc3n2)cc1. The van der Waals surface area contributed by atoms with E-state index in [0.29, 0.717) is 5.56 Å². The minimum Gasteiger partial charge on any atom is -0.393 e. The fourth-order valence-corrected chi connectivity index (χ4v) is 3.78.